The minimum Gasteiger partial charge on any atom is -0.378 e. The van der Waals surface area contributed by atoms with E-state index < -0.39 is 0 Å². The molecule has 0 radical (unpaired) electrons. The first-order valence-corrected chi connectivity index (χ1v) is 7.64. The normalized spacial score (nSPS) is 29.1. The molecule has 2 aliphatic rings. The monoisotopic (exact) mass is 269 g/mol. The highest BCUT2D eigenvalue weighted by atomic mass is 16.5. The maximum Gasteiger partial charge on any atom is 0.239 e. The molecule has 0 aromatic rings. The molecule has 0 bridgehead atoms. The van der Waals surface area contributed by atoms with E-state index in [1.54, 1.807) is 0 Å². The van der Waals surface area contributed by atoms with Crippen molar-refractivity contribution in [1.82, 2.24) is 15.5 Å². The van der Waals surface area contributed by atoms with E-state index in [-0.39, 0.29) is 11.9 Å². The molecule has 2 unspecified atom stereocenters. The Bertz CT molecular complexity index is 280. The van der Waals surface area contributed by atoms with E-state index in [0.717, 1.165) is 32.7 Å². The van der Waals surface area contributed by atoms with Crippen molar-refractivity contribution in [3.8, 4) is 0 Å². The minimum absolute atomic E-state index is 0.0997. The number of piperidine rings is 1. The molecule has 5 nitrogen and oxygen atoms in total. The molecule has 2 fully saturated rings. The van der Waals surface area contributed by atoms with Crippen LogP contribution in [0.4, 0.5) is 0 Å². The zero-order valence-electron chi connectivity index (χ0n) is 12.0. The lowest BCUT2D eigenvalue weighted by Gasteiger charge is -2.35. The number of nitrogens with zero attached hydrogens (tertiary/aromatic N) is 1. The average Bonchev–Trinajstić information content (AvgIpc) is 2.47. The van der Waals surface area contributed by atoms with Gasteiger partial charge in [0.1, 0.15) is 6.04 Å². The van der Waals surface area contributed by atoms with E-state index in [4.69, 9.17) is 4.74 Å². The summed E-state index contributed by atoms with van der Waals surface area (Å²) < 4.78 is 5.45. The minimum atomic E-state index is -0.0997. The van der Waals surface area contributed by atoms with E-state index in [1.807, 2.05) is 6.92 Å². The van der Waals surface area contributed by atoms with Crippen LogP contribution in [0.2, 0.25) is 0 Å². The van der Waals surface area contributed by atoms with E-state index in [1.165, 1.54) is 19.3 Å². The fourth-order valence-corrected chi connectivity index (χ4v) is 2.93. The molecule has 5 heteroatoms. The summed E-state index contributed by atoms with van der Waals surface area (Å²) in [5.74, 6) is 0.110. The Kier molecular flexibility index (Phi) is 6.07. The highest BCUT2D eigenvalue weighted by Gasteiger charge is 2.29. The lowest BCUT2D eigenvalue weighted by atomic mass is 10.0. The first-order chi connectivity index (χ1) is 9.31. The van der Waals surface area contributed by atoms with Gasteiger partial charge >= 0.3 is 0 Å². The second-order valence-corrected chi connectivity index (χ2v) is 5.46. The number of nitrogens with one attached hydrogen (secondary N) is 2. The van der Waals surface area contributed by atoms with Crippen LogP contribution in [0.25, 0.3) is 0 Å². The van der Waals surface area contributed by atoms with Crippen LogP contribution in [0.1, 0.15) is 32.6 Å². The summed E-state index contributed by atoms with van der Waals surface area (Å²) in [5.41, 5.74) is 0. The zero-order valence-corrected chi connectivity index (χ0v) is 12.0. The third-order valence-electron chi connectivity index (χ3n) is 4.07. The molecule has 2 saturated heterocycles. The van der Waals surface area contributed by atoms with Gasteiger partial charge in [-0.05, 0) is 32.7 Å². The maximum atomic E-state index is 12.0. The van der Waals surface area contributed by atoms with Crippen LogP contribution in [0.3, 0.4) is 0 Å². The molecular formula is C14H27N3O2. The second kappa shape index (κ2) is 7.82. The summed E-state index contributed by atoms with van der Waals surface area (Å²) in [6, 6.07) is 0.531. The largest absolute Gasteiger partial charge is 0.378 e. The van der Waals surface area contributed by atoms with Gasteiger partial charge in [-0.15, -0.1) is 0 Å². The van der Waals surface area contributed by atoms with Gasteiger partial charge in [0, 0.05) is 25.7 Å². The summed E-state index contributed by atoms with van der Waals surface area (Å²) >= 11 is 0. The van der Waals surface area contributed by atoms with E-state index in [9.17, 15) is 4.79 Å². The first-order valence-electron chi connectivity index (χ1n) is 7.64. The molecule has 0 aromatic carbocycles. The van der Waals surface area contributed by atoms with Crippen LogP contribution in [-0.4, -0.2) is 62.3 Å². The van der Waals surface area contributed by atoms with Crippen LogP contribution in [0.5, 0.6) is 0 Å². The SMILES string of the molecule is CCNC(=O)C1COCCN1CCC1CCCCN1. The van der Waals surface area contributed by atoms with Crippen molar-refractivity contribution in [3.63, 3.8) is 0 Å². The van der Waals surface area contributed by atoms with Crippen molar-refractivity contribution in [2.45, 2.75) is 44.7 Å². The molecule has 2 rings (SSSR count). The molecule has 2 aliphatic heterocycles. The number of hydrogen-bond acceptors (Lipinski definition) is 4. The van der Waals surface area contributed by atoms with Gasteiger partial charge in [-0.1, -0.05) is 6.42 Å². The van der Waals surface area contributed by atoms with E-state index in [2.05, 4.69) is 15.5 Å². The molecule has 0 aliphatic carbocycles. The number of likely N-dealkylation sites (N-methyl/N-ethyl adjacent to an activating group) is 1. The van der Waals surface area contributed by atoms with Crippen LogP contribution in [0.15, 0.2) is 0 Å². The van der Waals surface area contributed by atoms with Gasteiger partial charge in [-0.3, -0.25) is 9.69 Å². The topological polar surface area (TPSA) is 53.6 Å². The predicted octanol–water partition coefficient (Wildman–Crippen LogP) is 0.356. The van der Waals surface area contributed by atoms with Gasteiger partial charge in [0.2, 0.25) is 5.91 Å². The van der Waals surface area contributed by atoms with Gasteiger partial charge in [0.15, 0.2) is 0 Å². The summed E-state index contributed by atoms with van der Waals surface area (Å²) in [4.78, 5) is 14.3. The summed E-state index contributed by atoms with van der Waals surface area (Å²) in [5, 5.41) is 6.48. The first kappa shape index (κ1) is 14.8. The Morgan fingerprint density at radius 3 is 3.11 bits per heavy atom. The summed E-state index contributed by atoms with van der Waals surface area (Å²) in [6.45, 7) is 6.92. The van der Waals surface area contributed by atoms with Gasteiger partial charge < -0.3 is 15.4 Å². The maximum absolute atomic E-state index is 12.0. The smallest absolute Gasteiger partial charge is 0.239 e. The van der Waals surface area contributed by atoms with Crippen LogP contribution in [-0.2, 0) is 9.53 Å². The molecule has 2 atom stereocenters. The number of rotatable bonds is 5. The van der Waals surface area contributed by atoms with Crippen molar-refractivity contribution >= 4 is 5.91 Å². The quantitative estimate of drug-likeness (QED) is 0.756. The van der Waals surface area contributed by atoms with Crippen LogP contribution in [0, 0.1) is 0 Å². The van der Waals surface area contributed by atoms with Gasteiger partial charge in [-0.2, -0.15) is 0 Å². The second-order valence-electron chi connectivity index (χ2n) is 5.46. The standard InChI is InChI=1S/C14H27N3O2/c1-2-15-14(18)13-11-19-10-9-17(13)8-6-12-5-3-4-7-16-12/h12-13,16H,2-11H2,1H3,(H,15,18). The van der Waals surface area contributed by atoms with Gasteiger partial charge in [0.25, 0.3) is 0 Å². The van der Waals surface area contributed by atoms with Gasteiger partial charge in [-0.25, -0.2) is 0 Å². The van der Waals surface area contributed by atoms with E-state index >= 15 is 0 Å². The molecule has 0 spiro atoms. The van der Waals surface area contributed by atoms with Crippen molar-refractivity contribution < 1.29 is 9.53 Å². The Morgan fingerprint density at radius 2 is 2.37 bits per heavy atom. The van der Waals surface area contributed by atoms with Crippen molar-refractivity contribution in [3.05, 3.63) is 0 Å². The van der Waals surface area contributed by atoms with Crippen LogP contribution < -0.4 is 10.6 Å². The molecule has 2 N–H and O–H groups in total. The van der Waals surface area contributed by atoms with Crippen molar-refractivity contribution in [2.24, 2.45) is 0 Å². The van der Waals surface area contributed by atoms with Crippen LogP contribution >= 0.6 is 0 Å². The molecule has 1 amide bonds. The number of ether oxygens (including phenoxy) is 1. The highest BCUT2D eigenvalue weighted by Crippen LogP contribution is 2.13. The number of amides is 1. The zero-order chi connectivity index (χ0) is 13.5. The average molecular weight is 269 g/mol. The van der Waals surface area contributed by atoms with Gasteiger partial charge in [0.05, 0.1) is 13.2 Å². The predicted molar refractivity (Wildman–Crippen MR) is 75.1 cm³/mol. The van der Waals surface area contributed by atoms with Crippen molar-refractivity contribution in [1.29, 1.82) is 0 Å². The highest BCUT2D eigenvalue weighted by molar-refractivity contribution is 5.81. The Hall–Kier alpha value is -0.650. The molecule has 0 aromatic heterocycles. The van der Waals surface area contributed by atoms with E-state index in [0.29, 0.717) is 19.2 Å². The Morgan fingerprint density at radius 1 is 1.47 bits per heavy atom. The molecule has 2 heterocycles. The number of hydrogen-bond donors (Lipinski definition) is 2. The number of morpholine rings is 1. The third-order valence-corrected chi connectivity index (χ3v) is 4.07. The fourth-order valence-electron chi connectivity index (χ4n) is 2.93. The Balaban J connectivity index is 1.79. The number of carbonyl (C=O) groups excluding carboxylic acids is 1. The summed E-state index contributed by atoms with van der Waals surface area (Å²) in [6.07, 6.45) is 5.04. The fraction of sp³-hybridized carbons (Fsp3) is 0.929. The molecular weight excluding hydrogens is 242 g/mol. The van der Waals surface area contributed by atoms with Crippen molar-refractivity contribution in [2.75, 3.05) is 39.4 Å². The lowest BCUT2D eigenvalue weighted by Crippen LogP contribution is -2.54. The third kappa shape index (κ3) is 4.44. The lowest BCUT2D eigenvalue weighted by molar-refractivity contribution is -0.132. The Labute approximate surface area is 116 Å². The molecule has 0 saturated carbocycles. The number of carbonyl (C=O) groups is 1. The molecule has 110 valence electrons. The summed E-state index contributed by atoms with van der Waals surface area (Å²) in [7, 11) is 0. The molecule has 19 heavy (non-hydrogen) atoms.